The zero-order valence-electron chi connectivity index (χ0n) is 6.00. The van der Waals surface area contributed by atoms with Crippen molar-refractivity contribution in [3.63, 3.8) is 0 Å². The van der Waals surface area contributed by atoms with Crippen LogP contribution in [0.2, 0.25) is 0 Å². The fourth-order valence-electron chi connectivity index (χ4n) is 1.15. The molecule has 54 valence electrons. The molecule has 0 amide bonds. The summed E-state index contributed by atoms with van der Waals surface area (Å²) in [5, 5.41) is 0. The first-order chi connectivity index (χ1) is 4.24. The van der Waals surface area contributed by atoms with Gasteiger partial charge in [0, 0.05) is 20.1 Å². The zero-order chi connectivity index (χ0) is 6.85. The Morgan fingerprint density at radius 2 is 2.33 bits per heavy atom. The van der Waals surface area contributed by atoms with Crippen molar-refractivity contribution in [3.05, 3.63) is 0 Å². The molecule has 2 N–H and O–H groups in total. The SMILES string of the molecule is COC1CC(N)N(C)C1. The number of likely N-dealkylation sites (tertiary alicyclic amines) is 1. The van der Waals surface area contributed by atoms with Gasteiger partial charge in [0.2, 0.25) is 0 Å². The highest BCUT2D eigenvalue weighted by molar-refractivity contribution is 4.78. The molecule has 1 aliphatic heterocycles. The summed E-state index contributed by atoms with van der Waals surface area (Å²) in [6.45, 7) is 0.970. The van der Waals surface area contributed by atoms with Crippen LogP contribution in [0.3, 0.4) is 0 Å². The topological polar surface area (TPSA) is 38.5 Å². The van der Waals surface area contributed by atoms with Gasteiger partial charge < -0.3 is 10.5 Å². The third kappa shape index (κ3) is 1.41. The zero-order valence-corrected chi connectivity index (χ0v) is 6.00. The quantitative estimate of drug-likeness (QED) is 0.526. The van der Waals surface area contributed by atoms with Crippen molar-refractivity contribution in [2.24, 2.45) is 5.73 Å². The Balaban J connectivity index is 2.35. The van der Waals surface area contributed by atoms with E-state index in [9.17, 15) is 0 Å². The maximum atomic E-state index is 5.69. The molecule has 2 atom stereocenters. The van der Waals surface area contributed by atoms with Crippen LogP contribution in [0.1, 0.15) is 6.42 Å². The standard InChI is InChI=1S/C6H14N2O/c1-8-4-5(9-2)3-6(8)7/h5-6H,3-4,7H2,1-2H3. The van der Waals surface area contributed by atoms with Gasteiger partial charge in [-0.25, -0.2) is 0 Å². The molecular formula is C6H14N2O. The molecule has 0 aromatic rings. The van der Waals surface area contributed by atoms with E-state index in [2.05, 4.69) is 4.90 Å². The monoisotopic (exact) mass is 130 g/mol. The smallest absolute Gasteiger partial charge is 0.0726 e. The van der Waals surface area contributed by atoms with Crippen LogP contribution in [0.15, 0.2) is 0 Å². The number of hydrogen-bond acceptors (Lipinski definition) is 3. The third-order valence-electron chi connectivity index (χ3n) is 1.90. The largest absolute Gasteiger partial charge is 0.380 e. The highest BCUT2D eigenvalue weighted by Crippen LogP contribution is 2.12. The number of hydrogen-bond donors (Lipinski definition) is 1. The van der Waals surface area contributed by atoms with E-state index in [1.165, 1.54) is 0 Å². The van der Waals surface area contributed by atoms with Crippen molar-refractivity contribution in [1.82, 2.24) is 4.90 Å². The second-order valence-corrected chi connectivity index (χ2v) is 2.60. The molecule has 1 aliphatic rings. The second kappa shape index (κ2) is 2.64. The Morgan fingerprint density at radius 1 is 1.67 bits per heavy atom. The maximum Gasteiger partial charge on any atom is 0.0726 e. The fourth-order valence-corrected chi connectivity index (χ4v) is 1.15. The van der Waals surface area contributed by atoms with Crippen LogP contribution >= 0.6 is 0 Å². The van der Waals surface area contributed by atoms with Gasteiger partial charge in [-0.15, -0.1) is 0 Å². The van der Waals surface area contributed by atoms with E-state index < -0.39 is 0 Å². The molecular weight excluding hydrogens is 116 g/mol. The van der Waals surface area contributed by atoms with E-state index in [4.69, 9.17) is 10.5 Å². The van der Waals surface area contributed by atoms with Crippen molar-refractivity contribution in [3.8, 4) is 0 Å². The van der Waals surface area contributed by atoms with Gasteiger partial charge in [-0.05, 0) is 7.05 Å². The first-order valence-electron chi connectivity index (χ1n) is 3.22. The molecule has 1 heterocycles. The predicted octanol–water partition coefficient (Wildman–Crippen LogP) is -0.378. The fraction of sp³-hybridized carbons (Fsp3) is 1.00. The van der Waals surface area contributed by atoms with Gasteiger partial charge in [-0.3, -0.25) is 4.90 Å². The van der Waals surface area contributed by atoms with Crippen molar-refractivity contribution >= 4 is 0 Å². The molecule has 0 bridgehead atoms. The van der Waals surface area contributed by atoms with Crippen molar-refractivity contribution in [2.75, 3.05) is 20.7 Å². The molecule has 3 nitrogen and oxygen atoms in total. The molecule has 2 unspecified atom stereocenters. The summed E-state index contributed by atoms with van der Waals surface area (Å²) in [6, 6.07) is 0. The van der Waals surface area contributed by atoms with Gasteiger partial charge in [-0.2, -0.15) is 0 Å². The normalized spacial score (nSPS) is 37.7. The van der Waals surface area contributed by atoms with Crippen LogP contribution in [0.4, 0.5) is 0 Å². The predicted molar refractivity (Wildman–Crippen MR) is 36.0 cm³/mol. The first-order valence-corrected chi connectivity index (χ1v) is 3.22. The van der Waals surface area contributed by atoms with Crippen molar-refractivity contribution in [2.45, 2.75) is 18.7 Å². The van der Waals surface area contributed by atoms with E-state index in [1.54, 1.807) is 7.11 Å². The number of likely N-dealkylation sites (N-methyl/N-ethyl adjacent to an activating group) is 1. The van der Waals surface area contributed by atoms with Crippen LogP contribution in [0.25, 0.3) is 0 Å². The molecule has 0 aliphatic carbocycles. The molecule has 3 heteroatoms. The van der Waals surface area contributed by atoms with E-state index in [1.807, 2.05) is 7.05 Å². The van der Waals surface area contributed by atoms with Gasteiger partial charge in [-0.1, -0.05) is 0 Å². The summed E-state index contributed by atoms with van der Waals surface area (Å²) in [7, 11) is 3.75. The summed E-state index contributed by atoms with van der Waals surface area (Å²) >= 11 is 0. The Hall–Kier alpha value is -0.120. The molecule has 1 fully saturated rings. The van der Waals surface area contributed by atoms with Gasteiger partial charge >= 0.3 is 0 Å². The Labute approximate surface area is 55.8 Å². The minimum atomic E-state index is 0.204. The molecule has 1 saturated heterocycles. The lowest BCUT2D eigenvalue weighted by Crippen LogP contribution is -2.32. The summed E-state index contributed by atoms with van der Waals surface area (Å²) in [4.78, 5) is 2.11. The van der Waals surface area contributed by atoms with Crippen molar-refractivity contribution < 1.29 is 4.74 Å². The highest BCUT2D eigenvalue weighted by Gasteiger charge is 2.25. The Morgan fingerprint density at radius 3 is 2.56 bits per heavy atom. The number of ether oxygens (including phenoxy) is 1. The molecule has 9 heavy (non-hydrogen) atoms. The highest BCUT2D eigenvalue weighted by atomic mass is 16.5. The molecule has 0 saturated carbocycles. The molecule has 0 radical (unpaired) electrons. The molecule has 0 aromatic carbocycles. The Bertz CT molecular complexity index is 87.1. The molecule has 0 aromatic heterocycles. The number of methoxy groups -OCH3 is 1. The summed E-state index contributed by atoms with van der Waals surface area (Å²) in [5.74, 6) is 0. The van der Waals surface area contributed by atoms with Gasteiger partial charge in [0.1, 0.15) is 0 Å². The van der Waals surface area contributed by atoms with Gasteiger partial charge in [0.05, 0.1) is 12.3 Å². The van der Waals surface area contributed by atoms with E-state index >= 15 is 0 Å². The van der Waals surface area contributed by atoms with Gasteiger partial charge in [0.25, 0.3) is 0 Å². The van der Waals surface area contributed by atoms with Crippen molar-refractivity contribution in [1.29, 1.82) is 0 Å². The third-order valence-corrected chi connectivity index (χ3v) is 1.90. The number of nitrogens with two attached hydrogens (primary N) is 1. The number of rotatable bonds is 1. The number of nitrogens with zero attached hydrogens (tertiary/aromatic N) is 1. The van der Waals surface area contributed by atoms with Crippen LogP contribution in [-0.4, -0.2) is 37.9 Å². The van der Waals surface area contributed by atoms with Crippen LogP contribution < -0.4 is 5.73 Å². The maximum absolute atomic E-state index is 5.69. The van der Waals surface area contributed by atoms with E-state index in [0.29, 0.717) is 6.10 Å². The second-order valence-electron chi connectivity index (χ2n) is 2.60. The lowest BCUT2D eigenvalue weighted by atomic mass is 10.3. The lowest BCUT2D eigenvalue weighted by Gasteiger charge is -2.11. The van der Waals surface area contributed by atoms with Crippen LogP contribution in [-0.2, 0) is 4.74 Å². The van der Waals surface area contributed by atoms with Crippen LogP contribution in [0.5, 0.6) is 0 Å². The first kappa shape index (κ1) is 6.99. The van der Waals surface area contributed by atoms with E-state index in [0.717, 1.165) is 13.0 Å². The average molecular weight is 130 g/mol. The van der Waals surface area contributed by atoms with Crippen LogP contribution in [0, 0.1) is 0 Å². The lowest BCUT2D eigenvalue weighted by molar-refractivity contribution is 0.111. The minimum Gasteiger partial charge on any atom is -0.380 e. The molecule has 1 rings (SSSR count). The van der Waals surface area contributed by atoms with Gasteiger partial charge in [0.15, 0.2) is 0 Å². The summed E-state index contributed by atoms with van der Waals surface area (Å²) < 4.78 is 5.13. The Kier molecular flexibility index (Phi) is 2.05. The average Bonchev–Trinajstić information content (AvgIpc) is 2.13. The summed E-state index contributed by atoms with van der Waals surface area (Å²) in [5.41, 5.74) is 5.69. The minimum absolute atomic E-state index is 0.204. The molecule has 0 spiro atoms. The van der Waals surface area contributed by atoms with E-state index in [-0.39, 0.29) is 6.17 Å². The summed E-state index contributed by atoms with van der Waals surface area (Å²) in [6.07, 6.45) is 1.52.